The molecule has 0 atom stereocenters. The Hall–Kier alpha value is -1.99. The Morgan fingerprint density at radius 2 is 1.93 bits per heavy atom. The van der Waals surface area contributed by atoms with Crippen LogP contribution in [0.4, 0.5) is 4.39 Å². The van der Waals surface area contributed by atoms with Crippen LogP contribution in [-0.4, -0.2) is 18.5 Å². The maximum Gasteiger partial charge on any atom is 0.363 e. The summed E-state index contributed by atoms with van der Waals surface area (Å²) in [5.74, 6) is 0.175. The lowest BCUT2D eigenvalue weighted by atomic mass is 10.2. The molecule has 4 nitrogen and oxygen atoms in total. The summed E-state index contributed by atoms with van der Waals surface area (Å²) in [4.78, 5) is 16.3. The summed E-state index contributed by atoms with van der Waals surface area (Å²) in [6.45, 7) is 4.73. The third kappa shape index (κ3) is 4.84. The molecule has 2 aromatic rings. The zero-order valence-corrected chi connectivity index (χ0v) is 17.8. The highest BCUT2D eigenvalue weighted by atomic mass is 79.9. The summed E-state index contributed by atoms with van der Waals surface area (Å²) < 4.78 is 25.8. The fraction of sp³-hybridized carbons (Fsp3) is 0.200. The molecule has 140 valence electrons. The van der Waals surface area contributed by atoms with Crippen LogP contribution in [0, 0.1) is 11.7 Å². The van der Waals surface area contributed by atoms with E-state index in [0.29, 0.717) is 23.8 Å². The van der Waals surface area contributed by atoms with Crippen LogP contribution in [0.15, 0.2) is 56.0 Å². The standard InChI is InChI=1S/C20H16Br2FNO3/c1-11(2)10-26-18-15(21)6-12(7-16(18)22)8-17-20(25)27-19(24-17)13-4-3-5-14(23)9-13/h3-9,11H,10H2,1-2H3/b17-8-. The number of benzene rings is 2. The van der Waals surface area contributed by atoms with Gasteiger partial charge < -0.3 is 9.47 Å². The highest BCUT2D eigenvalue weighted by Gasteiger charge is 2.24. The largest absolute Gasteiger partial charge is 0.491 e. The molecule has 0 amide bonds. The summed E-state index contributed by atoms with van der Waals surface area (Å²) in [6, 6.07) is 9.41. The minimum Gasteiger partial charge on any atom is -0.491 e. The van der Waals surface area contributed by atoms with Crippen molar-refractivity contribution < 1.29 is 18.7 Å². The molecule has 0 fully saturated rings. The fourth-order valence-electron chi connectivity index (χ4n) is 2.36. The van der Waals surface area contributed by atoms with Crippen LogP contribution >= 0.6 is 31.9 Å². The number of nitrogens with zero attached hydrogens (tertiary/aromatic N) is 1. The van der Waals surface area contributed by atoms with Gasteiger partial charge in [-0.3, -0.25) is 0 Å². The summed E-state index contributed by atoms with van der Waals surface area (Å²) in [5, 5.41) is 0. The first kappa shape index (κ1) is 19.8. The van der Waals surface area contributed by atoms with Gasteiger partial charge >= 0.3 is 5.97 Å². The second kappa shape index (κ2) is 8.35. The fourth-order valence-corrected chi connectivity index (χ4v) is 3.81. The Balaban J connectivity index is 1.89. The van der Waals surface area contributed by atoms with Crippen LogP contribution in [0.1, 0.15) is 25.0 Å². The third-order valence-corrected chi connectivity index (χ3v) is 4.76. The van der Waals surface area contributed by atoms with E-state index in [1.807, 2.05) is 12.1 Å². The Morgan fingerprint density at radius 1 is 1.22 bits per heavy atom. The van der Waals surface area contributed by atoms with E-state index >= 15 is 0 Å². The highest BCUT2D eigenvalue weighted by Crippen LogP contribution is 2.36. The van der Waals surface area contributed by atoms with Crippen molar-refractivity contribution >= 4 is 49.8 Å². The first-order valence-corrected chi connectivity index (χ1v) is 9.82. The van der Waals surface area contributed by atoms with E-state index < -0.39 is 11.8 Å². The molecule has 0 spiro atoms. The van der Waals surface area contributed by atoms with E-state index in [4.69, 9.17) is 9.47 Å². The lowest BCUT2D eigenvalue weighted by Crippen LogP contribution is -2.06. The Kier molecular flexibility index (Phi) is 6.11. The number of hydrogen-bond acceptors (Lipinski definition) is 4. The molecule has 1 heterocycles. The van der Waals surface area contributed by atoms with Gasteiger partial charge in [0.25, 0.3) is 0 Å². The van der Waals surface area contributed by atoms with Crippen LogP contribution in [0.2, 0.25) is 0 Å². The van der Waals surface area contributed by atoms with Crippen molar-refractivity contribution in [3.05, 3.63) is 68.0 Å². The SMILES string of the molecule is CC(C)COc1c(Br)cc(/C=C2\N=C(c3cccc(F)c3)OC2=O)cc1Br. The molecule has 1 aliphatic rings. The van der Waals surface area contributed by atoms with E-state index in [-0.39, 0.29) is 11.6 Å². The zero-order chi connectivity index (χ0) is 19.6. The number of halogens is 3. The van der Waals surface area contributed by atoms with Gasteiger partial charge in [0.15, 0.2) is 5.70 Å². The van der Waals surface area contributed by atoms with Crippen LogP contribution in [0.5, 0.6) is 5.75 Å². The van der Waals surface area contributed by atoms with Gasteiger partial charge in [0.1, 0.15) is 11.6 Å². The summed E-state index contributed by atoms with van der Waals surface area (Å²) in [5.41, 5.74) is 1.29. The van der Waals surface area contributed by atoms with E-state index in [1.165, 1.54) is 18.2 Å². The molecule has 7 heteroatoms. The summed E-state index contributed by atoms with van der Waals surface area (Å²) >= 11 is 6.98. The number of carbonyl (C=O) groups excluding carboxylic acids is 1. The second-order valence-corrected chi connectivity index (χ2v) is 8.07. The zero-order valence-electron chi connectivity index (χ0n) is 14.6. The van der Waals surface area contributed by atoms with Crippen molar-refractivity contribution in [2.24, 2.45) is 10.9 Å². The van der Waals surface area contributed by atoms with Crippen LogP contribution in [-0.2, 0) is 9.53 Å². The molecule has 0 aliphatic carbocycles. The van der Waals surface area contributed by atoms with Crippen molar-refractivity contribution in [3.63, 3.8) is 0 Å². The maximum atomic E-state index is 13.4. The van der Waals surface area contributed by atoms with Crippen LogP contribution < -0.4 is 4.74 Å². The van der Waals surface area contributed by atoms with Gasteiger partial charge in [-0.2, -0.15) is 0 Å². The van der Waals surface area contributed by atoms with Gasteiger partial charge in [-0.1, -0.05) is 19.9 Å². The number of rotatable bonds is 5. The quantitative estimate of drug-likeness (QED) is 0.392. The molecular weight excluding hydrogens is 481 g/mol. The van der Waals surface area contributed by atoms with Crippen molar-refractivity contribution in [1.82, 2.24) is 0 Å². The van der Waals surface area contributed by atoms with Crippen molar-refractivity contribution in [1.29, 1.82) is 0 Å². The van der Waals surface area contributed by atoms with Crippen molar-refractivity contribution in [2.45, 2.75) is 13.8 Å². The molecule has 0 saturated heterocycles. The van der Waals surface area contributed by atoms with E-state index in [2.05, 4.69) is 50.7 Å². The van der Waals surface area contributed by atoms with Crippen molar-refractivity contribution in [2.75, 3.05) is 6.61 Å². The van der Waals surface area contributed by atoms with Crippen LogP contribution in [0.3, 0.4) is 0 Å². The van der Waals surface area contributed by atoms with Crippen LogP contribution in [0.25, 0.3) is 6.08 Å². The first-order valence-electron chi connectivity index (χ1n) is 8.24. The van der Waals surface area contributed by atoms with Gasteiger partial charge in [-0.25, -0.2) is 14.2 Å². The molecule has 0 saturated carbocycles. The smallest absolute Gasteiger partial charge is 0.363 e. The normalized spacial score (nSPS) is 15.3. The van der Waals surface area contributed by atoms with Crippen molar-refractivity contribution in [3.8, 4) is 5.75 Å². The molecule has 27 heavy (non-hydrogen) atoms. The minimum absolute atomic E-state index is 0.0840. The molecule has 0 bridgehead atoms. The predicted octanol–water partition coefficient (Wildman–Crippen LogP) is 5.73. The number of esters is 1. The minimum atomic E-state index is -0.582. The average Bonchev–Trinajstić information content (AvgIpc) is 2.94. The monoisotopic (exact) mass is 495 g/mol. The molecule has 0 radical (unpaired) electrons. The number of hydrogen-bond donors (Lipinski definition) is 0. The Bertz CT molecular complexity index is 931. The second-order valence-electron chi connectivity index (χ2n) is 6.36. The topological polar surface area (TPSA) is 47.9 Å². The molecule has 0 N–H and O–H groups in total. The molecule has 2 aromatic carbocycles. The van der Waals surface area contributed by atoms with Gasteiger partial charge in [0.2, 0.25) is 5.90 Å². The van der Waals surface area contributed by atoms with E-state index in [1.54, 1.807) is 12.1 Å². The number of carbonyl (C=O) groups is 1. The molecule has 0 unspecified atom stereocenters. The summed E-state index contributed by atoms with van der Waals surface area (Å²) in [7, 11) is 0. The highest BCUT2D eigenvalue weighted by molar-refractivity contribution is 9.11. The maximum absolute atomic E-state index is 13.4. The van der Waals surface area contributed by atoms with Gasteiger partial charge in [0, 0.05) is 5.56 Å². The van der Waals surface area contributed by atoms with E-state index in [9.17, 15) is 9.18 Å². The molecule has 0 aromatic heterocycles. The number of ether oxygens (including phenoxy) is 2. The lowest BCUT2D eigenvalue weighted by molar-refractivity contribution is -0.129. The third-order valence-electron chi connectivity index (χ3n) is 3.58. The van der Waals surface area contributed by atoms with Gasteiger partial charge in [-0.15, -0.1) is 0 Å². The Labute approximate surface area is 173 Å². The van der Waals surface area contributed by atoms with E-state index in [0.717, 1.165) is 14.5 Å². The lowest BCUT2D eigenvalue weighted by Gasteiger charge is -2.13. The first-order chi connectivity index (χ1) is 12.8. The molecule has 3 rings (SSSR count). The predicted molar refractivity (Wildman–Crippen MR) is 109 cm³/mol. The average molecular weight is 497 g/mol. The summed E-state index contributed by atoms with van der Waals surface area (Å²) in [6.07, 6.45) is 1.61. The molecule has 1 aliphatic heterocycles. The van der Waals surface area contributed by atoms with Gasteiger partial charge in [-0.05, 0) is 79.7 Å². The number of cyclic esters (lactones) is 1. The molecular formula is C20H16Br2FNO3. The van der Waals surface area contributed by atoms with Gasteiger partial charge in [0.05, 0.1) is 15.6 Å². The Morgan fingerprint density at radius 3 is 2.56 bits per heavy atom. The number of aliphatic imine (C=N–C) groups is 1.